The van der Waals surface area contributed by atoms with Crippen molar-refractivity contribution in [3.05, 3.63) is 59.5 Å². The summed E-state index contributed by atoms with van der Waals surface area (Å²) < 4.78 is 4.99. The maximum absolute atomic E-state index is 12.6. The second-order valence-corrected chi connectivity index (χ2v) is 8.62. The minimum absolute atomic E-state index is 0.0339. The topological polar surface area (TPSA) is 86.0 Å². The number of hydrogen-bond donors (Lipinski definition) is 2. The standard InChI is InChI=1S/C24H31N3O4/c28-22-7-10-26(11-8-22)16-19-3-1-18(2-4-19)15-25-23(29)20-5-12-27(13-6-20)24(30)21-9-14-31-17-21/h1-4,9,14,17,20,22,28H,5-8,10-13,15-16H2,(H,25,29). The van der Waals surface area contributed by atoms with Gasteiger partial charge in [0.1, 0.15) is 6.26 Å². The molecule has 2 aliphatic rings. The minimum atomic E-state index is -0.147. The van der Waals surface area contributed by atoms with Crippen LogP contribution in [0.15, 0.2) is 47.3 Å². The van der Waals surface area contributed by atoms with Gasteiger partial charge in [-0.05, 0) is 42.9 Å². The molecule has 1 aromatic heterocycles. The van der Waals surface area contributed by atoms with Crippen LogP contribution in [0, 0.1) is 5.92 Å². The van der Waals surface area contributed by atoms with Crippen molar-refractivity contribution in [1.29, 1.82) is 0 Å². The lowest BCUT2D eigenvalue weighted by Crippen LogP contribution is -2.42. The second-order valence-electron chi connectivity index (χ2n) is 8.62. The van der Waals surface area contributed by atoms with Gasteiger partial charge in [0.05, 0.1) is 17.9 Å². The zero-order valence-electron chi connectivity index (χ0n) is 17.8. The summed E-state index contributed by atoms with van der Waals surface area (Å²) in [4.78, 5) is 29.1. The molecule has 7 heteroatoms. The van der Waals surface area contributed by atoms with Crippen LogP contribution in [0.1, 0.15) is 47.2 Å². The number of carbonyl (C=O) groups excluding carboxylic acids is 2. The molecule has 2 aromatic rings. The molecule has 0 bridgehead atoms. The van der Waals surface area contributed by atoms with Crippen molar-refractivity contribution in [2.45, 2.75) is 44.9 Å². The van der Waals surface area contributed by atoms with E-state index in [0.29, 0.717) is 38.0 Å². The molecule has 1 aromatic carbocycles. The van der Waals surface area contributed by atoms with E-state index in [1.807, 2.05) is 0 Å². The summed E-state index contributed by atoms with van der Waals surface area (Å²) in [7, 11) is 0. The van der Waals surface area contributed by atoms with Crippen LogP contribution in [0.3, 0.4) is 0 Å². The van der Waals surface area contributed by atoms with Gasteiger partial charge in [-0.1, -0.05) is 24.3 Å². The first-order valence-corrected chi connectivity index (χ1v) is 11.2. The summed E-state index contributed by atoms with van der Waals surface area (Å²) in [6.07, 6.45) is 5.87. The Balaban J connectivity index is 1.19. The minimum Gasteiger partial charge on any atom is -0.472 e. The van der Waals surface area contributed by atoms with Crippen LogP contribution < -0.4 is 5.32 Å². The molecule has 7 nitrogen and oxygen atoms in total. The highest BCUT2D eigenvalue weighted by Crippen LogP contribution is 2.20. The van der Waals surface area contributed by atoms with E-state index in [0.717, 1.165) is 38.0 Å². The number of likely N-dealkylation sites (tertiary alicyclic amines) is 2. The Morgan fingerprint density at radius 3 is 2.29 bits per heavy atom. The van der Waals surface area contributed by atoms with Crippen molar-refractivity contribution in [3.63, 3.8) is 0 Å². The van der Waals surface area contributed by atoms with E-state index >= 15 is 0 Å². The summed E-state index contributed by atoms with van der Waals surface area (Å²) in [5.41, 5.74) is 2.89. The number of piperidine rings is 2. The maximum Gasteiger partial charge on any atom is 0.257 e. The van der Waals surface area contributed by atoms with Gasteiger partial charge in [-0.3, -0.25) is 14.5 Å². The van der Waals surface area contributed by atoms with Crippen molar-refractivity contribution in [2.75, 3.05) is 26.2 Å². The summed E-state index contributed by atoms with van der Waals surface area (Å²) in [5.74, 6) is -0.0260. The number of carbonyl (C=O) groups is 2. The highest BCUT2D eigenvalue weighted by molar-refractivity contribution is 5.94. The molecular formula is C24H31N3O4. The van der Waals surface area contributed by atoms with Gasteiger partial charge in [0, 0.05) is 45.2 Å². The van der Waals surface area contributed by atoms with Gasteiger partial charge < -0.3 is 19.7 Å². The van der Waals surface area contributed by atoms with E-state index in [1.54, 1.807) is 11.0 Å². The van der Waals surface area contributed by atoms with E-state index < -0.39 is 0 Å². The fourth-order valence-electron chi connectivity index (χ4n) is 4.35. The molecule has 4 rings (SSSR count). The van der Waals surface area contributed by atoms with Crippen LogP contribution in [0.25, 0.3) is 0 Å². The van der Waals surface area contributed by atoms with Crippen LogP contribution in [-0.4, -0.2) is 59.0 Å². The van der Waals surface area contributed by atoms with Gasteiger partial charge in [0.25, 0.3) is 5.91 Å². The second kappa shape index (κ2) is 10.1. The van der Waals surface area contributed by atoms with Crippen LogP contribution >= 0.6 is 0 Å². The number of rotatable bonds is 6. The summed E-state index contributed by atoms with van der Waals surface area (Å²) in [5, 5.41) is 12.7. The molecule has 0 radical (unpaired) electrons. The third kappa shape index (κ3) is 5.74. The number of aliphatic hydroxyl groups excluding tert-OH is 1. The van der Waals surface area contributed by atoms with Crippen LogP contribution in [0.5, 0.6) is 0 Å². The van der Waals surface area contributed by atoms with E-state index in [1.165, 1.54) is 18.1 Å². The Morgan fingerprint density at radius 1 is 0.968 bits per heavy atom. The molecule has 0 unspecified atom stereocenters. The van der Waals surface area contributed by atoms with Gasteiger partial charge >= 0.3 is 0 Å². The summed E-state index contributed by atoms with van der Waals surface area (Å²) in [6.45, 7) is 4.46. The zero-order valence-corrected chi connectivity index (χ0v) is 17.8. The molecule has 2 fully saturated rings. The summed E-state index contributed by atoms with van der Waals surface area (Å²) in [6, 6.07) is 10.0. The molecule has 31 heavy (non-hydrogen) atoms. The van der Waals surface area contributed by atoms with Gasteiger partial charge in [-0.25, -0.2) is 0 Å². The SMILES string of the molecule is O=C(NCc1ccc(CN2CCC(O)CC2)cc1)C1CCN(C(=O)c2ccoc2)CC1. The van der Waals surface area contributed by atoms with Crippen LogP contribution in [0.2, 0.25) is 0 Å². The molecule has 2 amide bonds. The number of aliphatic hydroxyl groups is 1. The molecule has 2 N–H and O–H groups in total. The van der Waals surface area contributed by atoms with E-state index in [4.69, 9.17) is 4.42 Å². The van der Waals surface area contributed by atoms with Crippen molar-refractivity contribution in [2.24, 2.45) is 5.92 Å². The Kier molecular flexibility index (Phi) is 7.04. The van der Waals surface area contributed by atoms with E-state index in [-0.39, 0.29) is 23.8 Å². The average Bonchev–Trinajstić information content (AvgIpc) is 3.34. The van der Waals surface area contributed by atoms with Crippen molar-refractivity contribution >= 4 is 11.8 Å². The molecule has 0 atom stereocenters. The third-order valence-corrected chi connectivity index (χ3v) is 6.37. The Hall–Kier alpha value is -2.64. The quantitative estimate of drug-likeness (QED) is 0.742. The molecule has 3 heterocycles. The molecule has 0 saturated carbocycles. The predicted octanol–water partition coefficient (Wildman–Crippen LogP) is 2.40. The van der Waals surface area contributed by atoms with E-state index in [2.05, 4.69) is 34.5 Å². The monoisotopic (exact) mass is 425 g/mol. The zero-order chi connectivity index (χ0) is 21.6. The molecular weight excluding hydrogens is 394 g/mol. The highest BCUT2D eigenvalue weighted by atomic mass is 16.3. The largest absolute Gasteiger partial charge is 0.472 e. The Bertz CT molecular complexity index is 849. The number of hydrogen-bond acceptors (Lipinski definition) is 5. The molecule has 0 spiro atoms. The number of nitrogens with one attached hydrogen (secondary N) is 1. The maximum atomic E-state index is 12.6. The first kappa shape index (κ1) is 21.6. The van der Waals surface area contributed by atoms with Crippen LogP contribution in [0.4, 0.5) is 0 Å². The third-order valence-electron chi connectivity index (χ3n) is 6.37. The van der Waals surface area contributed by atoms with Crippen molar-refractivity contribution < 1.29 is 19.1 Å². The smallest absolute Gasteiger partial charge is 0.257 e. The normalized spacial score (nSPS) is 18.8. The molecule has 0 aliphatic carbocycles. The van der Waals surface area contributed by atoms with E-state index in [9.17, 15) is 14.7 Å². The Morgan fingerprint density at radius 2 is 1.65 bits per heavy atom. The fraction of sp³-hybridized carbons (Fsp3) is 0.500. The van der Waals surface area contributed by atoms with Crippen molar-refractivity contribution in [1.82, 2.24) is 15.1 Å². The first-order chi connectivity index (χ1) is 15.1. The molecule has 2 saturated heterocycles. The van der Waals surface area contributed by atoms with Crippen LogP contribution in [-0.2, 0) is 17.9 Å². The number of nitrogens with zero attached hydrogens (tertiary/aromatic N) is 2. The van der Waals surface area contributed by atoms with Crippen molar-refractivity contribution in [3.8, 4) is 0 Å². The predicted molar refractivity (Wildman–Crippen MR) is 116 cm³/mol. The molecule has 166 valence electrons. The van der Waals surface area contributed by atoms with Gasteiger partial charge in [-0.2, -0.15) is 0 Å². The lowest BCUT2D eigenvalue weighted by atomic mass is 9.95. The van der Waals surface area contributed by atoms with Gasteiger partial charge in [-0.15, -0.1) is 0 Å². The van der Waals surface area contributed by atoms with Gasteiger partial charge in [0.2, 0.25) is 5.91 Å². The molecule has 2 aliphatic heterocycles. The first-order valence-electron chi connectivity index (χ1n) is 11.2. The summed E-state index contributed by atoms with van der Waals surface area (Å²) >= 11 is 0. The highest BCUT2D eigenvalue weighted by Gasteiger charge is 2.28. The number of benzene rings is 1. The lowest BCUT2D eigenvalue weighted by Gasteiger charge is -2.31. The fourth-order valence-corrected chi connectivity index (χ4v) is 4.35. The number of furan rings is 1. The lowest BCUT2D eigenvalue weighted by molar-refractivity contribution is -0.126. The van der Waals surface area contributed by atoms with Gasteiger partial charge in [0.15, 0.2) is 0 Å². The Labute approximate surface area is 183 Å². The average molecular weight is 426 g/mol. The number of amides is 2.